The van der Waals surface area contributed by atoms with Crippen LogP contribution in [-0.2, 0) is 16.1 Å². The van der Waals surface area contributed by atoms with Gasteiger partial charge in [-0.1, -0.05) is 29.8 Å². The molecule has 2 atom stereocenters. The number of hydrogen-bond donors (Lipinski definition) is 2. The molecule has 3 aliphatic rings. The van der Waals surface area contributed by atoms with Crippen LogP contribution in [0.3, 0.4) is 0 Å². The zero-order chi connectivity index (χ0) is 20.4. The first-order valence-electron chi connectivity index (χ1n) is 10.6. The van der Waals surface area contributed by atoms with E-state index in [1.54, 1.807) is 0 Å². The van der Waals surface area contributed by atoms with Crippen LogP contribution in [0.1, 0.15) is 43.2 Å². The third kappa shape index (κ3) is 4.07. The molecule has 3 aliphatic heterocycles. The number of aliphatic hydroxyl groups excluding tert-OH is 1. The van der Waals surface area contributed by atoms with Crippen molar-refractivity contribution in [2.45, 2.75) is 51.6 Å². The fourth-order valence-electron chi connectivity index (χ4n) is 5.07. The molecule has 2 fully saturated rings. The number of nitrogens with zero attached hydrogens (tertiary/aromatic N) is 3. The van der Waals surface area contributed by atoms with Crippen molar-refractivity contribution >= 4 is 17.5 Å². The van der Waals surface area contributed by atoms with Gasteiger partial charge in [-0.3, -0.25) is 14.5 Å². The highest BCUT2D eigenvalue weighted by molar-refractivity contribution is 6.39. The summed E-state index contributed by atoms with van der Waals surface area (Å²) >= 11 is 0. The number of rotatable bonds is 4. The van der Waals surface area contributed by atoms with Crippen LogP contribution in [0.4, 0.5) is 0 Å². The van der Waals surface area contributed by atoms with E-state index in [1.165, 1.54) is 11.1 Å². The van der Waals surface area contributed by atoms with Gasteiger partial charge >= 0.3 is 0 Å². The molecule has 0 radical (unpaired) electrons. The first-order valence-corrected chi connectivity index (χ1v) is 10.6. The van der Waals surface area contributed by atoms with Crippen molar-refractivity contribution in [1.82, 2.24) is 15.2 Å². The van der Waals surface area contributed by atoms with Crippen LogP contribution in [-0.4, -0.2) is 64.7 Å². The second kappa shape index (κ2) is 8.24. The summed E-state index contributed by atoms with van der Waals surface area (Å²) in [5, 5.41) is 14.3. The number of aryl methyl sites for hydroxylation is 1. The number of hydrazone groups is 1. The number of carbonyl (C=O) groups is 2. The molecule has 0 spiro atoms. The number of likely N-dealkylation sites (tertiary alicyclic amines) is 2. The van der Waals surface area contributed by atoms with Crippen molar-refractivity contribution in [3.8, 4) is 0 Å². The third-order valence-corrected chi connectivity index (χ3v) is 6.73. The lowest BCUT2D eigenvalue weighted by molar-refractivity contribution is -0.140. The van der Waals surface area contributed by atoms with E-state index in [4.69, 9.17) is 0 Å². The third-order valence-electron chi connectivity index (χ3n) is 6.73. The maximum Gasteiger partial charge on any atom is 0.270 e. The summed E-state index contributed by atoms with van der Waals surface area (Å²) in [6.45, 7) is 5.39. The first-order chi connectivity index (χ1) is 14.0. The fraction of sp³-hybridized carbons (Fsp3) is 0.591. The summed E-state index contributed by atoms with van der Waals surface area (Å²) in [7, 11) is 0. The summed E-state index contributed by atoms with van der Waals surface area (Å²) in [5.74, 6) is -0.239. The van der Waals surface area contributed by atoms with Crippen molar-refractivity contribution in [3.63, 3.8) is 0 Å². The Balaban J connectivity index is 1.54. The van der Waals surface area contributed by atoms with Crippen LogP contribution in [0.5, 0.6) is 0 Å². The van der Waals surface area contributed by atoms with Gasteiger partial charge in [0.05, 0.1) is 12.6 Å². The molecule has 7 heteroatoms. The lowest BCUT2D eigenvalue weighted by Gasteiger charge is -2.54. The Kier molecular flexibility index (Phi) is 5.69. The molecule has 2 N–H and O–H groups in total. The number of aliphatic hydroxyl groups is 1. The Hall–Kier alpha value is -2.25. The molecule has 0 aromatic heterocycles. The van der Waals surface area contributed by atoms with Crippen LogP contribution in [0.15, 0.2) is 29.4 Å². The van der Waals surface area contributed by atoms with Crippen molar-refractivity contribution in [2.75, 3.05) is 26.2 Å². The molecule has 0 aliphatic carbocycles. The average molecular weight is 399 g/mol. The predicted octanol–water partition coefficient (Wildman–Crippen LogP) is 1.44. The minimum absolute atomic E-state index is 0.0346. The number of amides is 2. The maximum atomic E-state index is 13.2. The van der Waals surface area contributed by atoms with E-state index in [2.05, 4.69) is 46.6 Å². The molecule has 0 unspecified atom stereocenters. The smallest absolute Gasteiger partial charge is 0.270 e. The topological polar surface area (TPSA) is 85.2 Å². The highest BCUT2D eigenvalue weighted by atomic mass is 16.3. The van der Waals surface area contributed by atoms with Crippen molar-refractivity contribution in [2.24, 2.45) is 10.5 Å². The van der Waals surface area contributed by atoms with Gasteiger partial charge in [0.2, 0.25) is 5.91 Å². The van der Waals surface area contributed by atoms with Crippen LogP contribution in [0.2, 0.25) is 0 Å². The molecule has 0 bridgehead atoms. The van der Waals surface area contributed by atoms with Gasteiger partial charge in [0, 0.05) is 37.9 Å². The van der Waals surface area contributed by atoms with E-state index in [1.807, 2.05) is 4.90 Å². The van der Waals surface area contributed by atoms with E-state index in [0.29, 0.717) is 25.1 Å². The summed E-state index contributed by atoms with van der Waals surface area (Å²) in [5.41, 5.74) is 5.14. The molecule has 2 amide bonds. The number of fused-ring (bicyclic) bond motifs is 1. The maximum absolute atomic E-state index is 13.2. The summed E-state index contributed by atoms with van der Waals surface area (Å²) < 4.78 is 0. The van der Waals surface area contributed by atoms with Gasteiger partial charge in [0.15, 0.2) is 0 Å². The average Bonchev–Trinajstić information content (AvgIpc) is 2.73. The number of hydrogen-bond acceptors (Lipinski definition) is 5. The van der Waals surface area contributed by atoms with Crippen LogP contribution in [0.25, 0.3) is 0 Å². The monoisotopic (exact) mass is 398 g/mol. The second-order valence-electron chi connectivity index (χ2n) is 8.71. The molecule has 3 heterocycles. The molecule has 7 nitrogen and oxygen atoms in total. The number of carbonyl (C=O) groups excluding carboxylic acids is 2. The molecule has 1 aromatic carbocycles. The fourth-order valence-corrected chi connectivity index (χ4v) is 5.07. The molecule has 4 rings (SSSR count). The van der Waals surface area contributed by atoms with Gasteiger partial charge < -0.3 is 10.0 Å². The van der Waals surface area contributed by atoms with E-state index >= 15 is 0 Å². The predicted molar refractivity (Wildman–Crippen MR) is 110 cm³/mol. The van der Waals surface area contributed by atoms with Crippen LogP contribution in [0, 0.1) is 12.3 Å². The zero-order valence-electron chi connectivity index (χ0n) is 17.1. The quantitative estimate of drug-likeness (QED) is 0.804. The summed E-state index contributed by atoms with van der Waals surface area (Å²) in [4.78, 5) is 28.9. The molecular weight excluding hydrogens is 368 g/mol. The Morgan fingerprint density at radius 3 is 2.90 bits per heavy atom. The summed E-state index contributed by atoms with van der Waals surface area (Å²) in [6.07, 6.45) is 3.40. The molecule has 2 saturated heterocycles. The van der Waals surface area contributed by atoms with Crippen molar-refractivity contribution in [1.29, 1.82) is 0 Å². The van der Waals surface area contributed by atoms with Gasteiger partial charge in [0.25, 0.3) is 5.91 Å². The van der Waals surface area contributed by atoms with Gasteiger partial charge in [-0.25, -0.2) is 5.43 Å². The molecular formula is C22H30N4O3. The number of nitrogens with one attached hydrogen (secondary N) is 1. The highest BCUT2D eigenvalue weighted by Gasteiger charge is 2.49. The minimum Gasteiger partial charge on any atom is -0.396 e. The Morgan fingerprint density at radius 1 is 1.31 bits per heavy atom. The Labute approximate surface area is 171 Å². The van der Waals surface area contributed by atoms with Crippen LogP contribution >= 0.6 is 0 Å². The number of piperidine rings is 2. The van der Waals surface area contributed by atoms with E-state index in [-0.39, 0.29) is 29.9 Å². The lowest BCUT2D eigenvalue weighted by atomic mass is 9.68. The summed E-state index contributed by atoms with van der Waals surface area (Å²) in [6, 6.07) is 8.49. The van der Waals surface area contributed by atoms with Gasteiger partial charge in [0.1, 0.15) is 5.71 Å². The van der Waals surface area contributed by atoms with Gasteiger partial charge in [-0.2, -0.15) is 5.10 Å². The Bertz CT molecular complexity index is 824. The standard InChI is InChI=1S/C22H30N4O3/c1-16-4-2-5-17(12-16)13-25-11-9-22(15-27)8-3-10-26(19(22)14-25)21(29)18-6-7-20(28)24-23-18/h2,4-5,12,19,27H,3,6-11,13-15H2,1H3,(H,24,28)/t19-,22-/m1/s1. The van der Waals surface area contributed by atoms with Crippen molar-refractivity contribution in [3.05, 3.63) is 35.4 Å². The first kappa shape index (κ1) is 20.0. The molecule has 29 heavy (non-hydrogen) atoms. The largest absolute Gasteiger partial charge is 0.396 e. The van der Waals surface area contributed by atoms with Gasteiger partial charge in [-0.05, 0) is 38.3 Å². The Morgan fingerprint density at radius 2 is 2.17 bits per heavy atom. The van der Waals surface area contributed by atoms with E-state index < -0.39 is 0 Å². The van der Waals surface area contributed by atoms with Crippen LogP contribution < -0.4 is 5.43 Å². The SMILES string of the molecule is Cc1cccc(CN2CC[C@@]3(CO)CCCN(C(=O)C4=NNC(=O)CC4)[C@@H]3C2)c1. The van der Waals surface area contributed by atoms with Crippen molar-refractivity contribution < 1.29 is 14.7 Å². The normalized spacial score (nSPS) is 27.8. The number of benzene rings is 1. The lowest BCUT2D eigenvalue weighted by Crippen LogP contribution is -2.64. The van der Waals surface area contributed by atoms with E-state index in [9.17, 15) is 14.7 Å². The second-order valence-corrected chi connectivity index (χ2v) is 8.71. The van der Waals surface area contributed by atoms with E-state index in [0.717, 1.165) is 38.9 Å². The minimum atomic E-state index is -0.241. The van der Waals surface area contributed by atoms with Gasteiger partial charge in [-0.15, -0.1) is 0 Å². The molecule has 156 valence electrons. The molecule has 1 aromatic rings. The molecule has 0 saturated carbocycles. The zero-order valence-corrected chi connectivity index (χ0v) is 17.1. The highest BCUT2D eigenvalue weighted by Crippen LogP contribution is 2.42.